The first kappa shape index (κ1) is 12.3. The zero-order valence-electron chi connectivity index (χ0n) is 10.7. The molecule has 0 saturated heterocycles. The normalized spacial score (nSPS) is 10.9. The number of anilines is 3. The topological polar surface area (TPSA) is 94.5 Å². The van der Waals surface area contributed by atoms with Gasteiger partial charge in [0.25, 0.3) is 0 Å². The van der Waals surface area contributed by atoms with Gasteiger partial charge in [0.1, 0.15) is 29.3 Å². The van der Waals surface area contributed by atoms with Crippen LogP contribution in [0.5, 0.6) is 0 Å². The number of pyridine rings is 1. The Labute approximate surface area is 113 Å². The van der Waals surface area contributed by atoms with Crippen molar-refractivity contribution in [3.8, 4) is 0 Å². The van der Waals surface area contributed by atoms with Gasteiger partial charge >= 0.3 is 0 Å². The largest absolute Gasteiger partial charge is 0.384 e. The van der Waals surface area contributed by atoms with Crippen LogP contribution in [0.4, 0.5) is 21.8 Å². The molecular formula is C12H12FN7. The molecule has 20 heavy (non-hydrogen) atoms. The van der Waals surface area contributed by atoms with E-state index in [1.807, 2.05) is 6.92 Å². The van der Waals surface area contributed by atoms with E-state index in [-0.39, 0.29) is 5.52 Å². The van der Waals surface area contributed by atoms with Crippen LogP contribution in [0.25, 0.3) is 10.9 Å². The van der Waals surface area contributed by atoms with Crippen LogP contribution in [0.15, 0.2) is 24.8 Å². The van der Waals surface area contributed by atoms with Crippen LogP contribution in [-0.4, -0.2) is 24.7 Å². The molecule has 102 valence electrons. The monoisotopic (exact) mass is 273 g/mol. The summed E-state index contributed by atoms with van der Waals surface area (Å²) in [4.78, 5) is 11.9. The Bertz CT molecular complexity index is 768. The van der Waals surface area contributed by atoms with Gasteiger partial charge in [-0.3, -0.25) is 4.68 Å². The maximum absolute atomic E-state index is 13.7. The predicted molar refractivity (Wildman–Crippen MR) is 72.9 cm³/mol. The highest BCUT2D eigenvalue weighted by Crippen LogP contribution is 2.24. The minimum absolute atomic E-state index is 0.270. The standard InChI is InChI=1S/C12H12FN7/c1-2-20-5-7-11(19-20)8(13)4-15-12(7)18-10-3-9(14)16-6-17-10/h3-6H,2H2,1H3,(H3,14,15,16,17,18). The zero-order valence-corrected chi connectivity index (χ0v) is 10.7. The molecule has 7 nitrogen and oxygen atoms in total. The Balaban J connectivity index is 2.07. The highest BCUT2D eigenvalue weighted by Gasteiger charge is 2.12. The van der Waals surface area contributed by atoms with Crippen molar-refractivity contribution in [2.24, 2.45) is 0 Å². The van der Waals surface area contributed by atoms with Gasteiger partial charge < -0.3 is 11.1 Å². The Morgan fingerprint density at radius 1 is 1.35 bits per heavy atom. The molecule has 0 aliphatic rings. The Morgan fingerprint density at radius 3 is 2.95 bits per heavy atom. The van der Waals surface area contributed by atoms with E-state index in [0.717, 1.165) is 6.20 Å². The number of aromatic nitrogens is 5. The Morgan fingerprint density at radius 2 is 2.20 bits per heavy atom. The summed E-state index contributed by atoms with van der Waals surface area (Å²) in [6.07, 6.45) is 4.20. The lowest BCUT2D eigenvalue weighted by atomic mass is 10.3. The molecule has 8 heteroatoms. The van der Waals surface area contributed by atoms with Crippen molar-refractivity contribution in [2.45, 2.75) is 13.5 Å². The highest BCUT2D eigenvalue weighted by atomic mass is 19.1. The lowest BCUT2D eigenvalue weighted by molar-refractivity contribution is 0.619. The van der Waals surface area contributed by atoms with E-state index in [1.54, 1.807) is 16.9 Å². The summed E-state index contributed by atoms with van der Waals surface area (Å²) in [5.74, 6) is 0.839. The first-order chi connectivity index (χ1) is 9.67. The molecule has 0 aliphatic carbocycles. The minimum atomic E-state index is -0.458. The van der Waals surface area contributed by atoms with Crippen LogP contribution in [-0.2, 0) is 6.54 Å². The van der Waals surface area contributed by atoms with Crippen LogP contribution in [0.3, 0.4) is 0 Å². The number of nitrogen functional groups attached to an aromatic ring is 1. The van der Waals surface area contributed by atoms with Crippen molar-refractivity contribution in [1.29, 1.82) is 0 Å². The average Bonchev–Trinajstić information content (AvgIpc) is 2.87. The summed E-state index contributed by atoms with van der Waals surface area (Å²) >= 11 is 0. The number of nitrogens with two attached hydrogens (primary N) is 1. The number of rotatable bonds is 3. The molecular weight excluding hydrogens is 261 g/mol. The fourth-order valence-electron chi connectivity index (χ4n) is 1.85. The van der Waals surface area contributed by atoms with Gasteiger partial charge in [-0.25, -0.2) is 19.3 Å². The molecule has 0 bridgehead atoms. The van der Waals surface area contributed by atoms with Crippen LogP contribution in [0.1, 0.15) is 6.92 Å². The third-order valence-electron chi connectivity index (χ3n) is 2.81. The predicted octanol–water partition coefficient (Wildman–Crippen LogP) is 1.71. The Kier molecular flexibility index (Phi) is 2.90. The average molecular weight is 273 g/mol. The van der Waals surface area contributed by atoms with Crippen LogP contribution < -0.4 is 11.1 Å². The number of hydrogen-bond donors (Lipinski definition) is 2. The highest BCUT2D eigenvalue weighted by molar-refractivity contribution is 5.90. The molecule has 0 aromatic carbocycles. The van der Waals surface area contributed by atoms with Crippen molar-refractivity contribution in [2.75, 3.05) is 11.1 Å². The first-order valence-corrected chi connectivity index (χ1v) is 6.03. The summed E-state index contributed by atoms with van der Waals surface area (Å²) < 4.78 is 15.4. The number of nitrogens with zero attached hydrogens (tertiary/aromatic N) is 5. The molecule has 3 aromatic heterocycles. The van der Waals surface area contributed by atoms with Gasteiger partial charge in [0.05, 0.1) is 11.6 Å². The molecule has 3 aromatic rings. The number of hydrogen-bond acceptors (Lipinski definition) is 6. The molecule has 0 fully saturated rings. The van der Waals surface area contributed by atoms with Gasteiger partial charge in [-0.15, -0.1) is 0 Å². The van der Waals surface area contributed by atoms with Crippen LogP contribution in [0, 0.1) is 5.82 Å². The summed E-state index contributed by atoms with van der Waals surface area (Å²) in [6.45, 7) is 2.57. The molecule has 0 unspecified atom stereocenters. The second-order valence-corrected chi connectivity index (χ2v) is 4.15. The molecule has 0 amide bonds. The van der Waals surface area contributed by atoms with Crippen molar-refractivity contribution < 1.29 is 4.39 Å². The van der Waals surface area contributed by atoms with E-state index in [0.29, 0.717) is 29.4 Å². The van der Waals surface area contributed by atoms with Gasteiger partial charge in [0.15, 0.2) is 5.82 Å². The molecule has 0 atom stereocenters. The fraction of sp³-hybridized carbons (Fsp3) is 0.167. The van der Waals surface area contributed by atoms with Crippen molar-refractivity contribution in [3.05, 3.63) is 30.6 Å². The molecule has 0 saturated carbocycles. The fourth-order valence-corrected chi connectivity index (χ4v) is 1.85. The molecule has 3 N–H and O–H groups in total. The number of halogens is 1. The smallest absolute Gasteiger partial charge is 0.169 e. The SMILES string of the molecule is CCn1cc2c(Nc3cc(N)ncn3)ncc(F)c2n1. The second-order valence-electron chi connectivity index (χ2n) is 4.15. The molecule has 0 aliphatic heterocycles. The van der Waals surface area contributed by atoms with Gasteiger partial charge in [-0.1, -0.05) is 0 Å². The molecule has 3 rings (SSSR count). The number of nitrogens with one attached hydrogen (secondary N) is 1. The number of fused-ring (bicyclic) bond motifs is 1. The molecule has 0 spiro atoms. The lowest BCUT2D eigenvalue weighted by Gasteiger charge is -2.05. The van der Waals surface area contributed by atoms with Crippen molar-refractivity contribution >= 4 is 28.4 Å². The van der Waals surface area contributed by atoms with E-state index in [9.17, 15) is 4.39 Å². The van der Waals surface area contributed by atoms with Gasteiger partial charge in [-0.2, -0.15) is 5.10 Å². The van der Waals surface area contributed by atoms with E-state index >= 15 is 0 Å². The molecule has 0 radical (unpaired) electrons. The van der Waals surface area contributed by atoms with Gasteiger partial charge in [0.2, 0.25) is 0 Å². The minimum Gasteiger partial charge on any atom is -0.384 e. The van der Waals surface area contributed by atoms with E-state index in [4.69, 9.17) is 5.73 Å². The van der Waals surface area contributed by atoms with E-state index in [2.05, 4.69) is 25.4 Å². The van der Waals surface area contributed by atoms with E-state index < -0.39 is 5.82 Å². The summed E-state index contributed by atoms with van der Waals surface area (Å²) in [5, 5.41) is 7.73. The van der Waals surface area contributed by atoms with E-state index in [1.165, 1.54) is 6.33 Å². The zero-order chi connectivity index (χ0) is 14.1. The number of aryl methyl sites for hydroxylation is 1. The van der Waals surface area contributed by atoms with Crippen LogP contribution in [0.2, 0.25) is 0 Å². The second kappa shape index (κ2) is 4.72. The van der Waals surface area contributed by atoms with Gasteiger partial charge in [0, 0.05) is 18.8 Å². The maximum Gasteiger partial charge on any atom is 0.169 e. The quantitative estimate of drug-likeness (QED) is 0.754. The Hall–Kier alpha value is -2.77. The summed E-state index contributed by atoms with van der Waals surface area (Å²) in [6, 6.07) is 1.57. The third-order valence-corrected chi connectivity index (χ3v) is 2.81. The third kappa shape index (κ3) is 2.11. The van der Waals surface area contributed by atoms with Crippen molar-refractivity contribution in [1.82, 2.24) is 24.7 Å². The first-order valence-electron chi connectivity index (χ1n) is 6.03. The maximum atomic E-state index is 13.7. The lowest BCUT2D eigenvalue weighted by Crippen LogP contribution is -1.99. The summed E-state index contributed by atoms with van der Waals surface area (Å²) in [7, 11) is 0. The van der Waals surface area contributed by atoms with Gasteiger partial charge in [-0.05, 0) is 6.92 Å². The summed E-state index contributed by atoms with van der Waals surface area (Å²) in [5.41, 5.74) is 5.86. The van der Waals surface area contributed by atoms with Crippen molar-refractivity contribution in [3.63, 3.8) is 0 Å². The van der Waals surface area contributed by atoms with Crippen LogP contribution >= 0.6 is 0 Å². The molecule has 3 heterocycles.